The van der Waals surface area contributed by atoms with E-state index in [2.05, 4.69) is 49.1 Å². The summed E-state index contributed by atoms with van der Waals surface area (Å²) in [5, 5.41) is 2.72. The van der Waals surface area contributed by atoms with Crippen molar-refractivity contribution in [3.8, 4) is 16.9 Å². The average molecular weight is 646 g/mol. The predicted octanol–water partition coefficient (Wildman–Crippen LogP) is 8.59. The zero-order valence-corrected chi connectivity index (χ0v) is 27.1. The number of fused-ring (bicyclic) bond motifs is 9. The van der Waals surface area contributed by atoms with E-state index < -0.39 is 44.8 Å². The summed E-state index contributed by atoms with van der Waals surface area (Å²) in [6, 6.07) is 5.93. The first-order chi connectivity index (χ1) is 20.9. The first-order valence-electron chi connectivity index (χ1n) is 14.8. The molecule has 2 aliphatic rings. The Hall–Kier alpha value is -3.42. The van der Waals surface area contributed by atoms with Crippen LogP contribution in [0.2, 0.25) is 18.1 Å². The molecule has 0 aliphatic carbocycles. The number of benzene rings is 2. The van der Waals surface area contributed by atoms with Gasteiger partial charge in [-0.25, -0.2) is 15.0 Å². The van der Waals surface area contributed by atoms with E-state index in [0.717, 1.165) is 11.1 Å². The molecule has 3 atom stereocenters. The largest absolute Gasteiger partial charge is 0.434 e. The van der Waals surface area contributed by atoms with Crippen LogP contribution in [-0.4, -0.2) is 40.6 Å². The standard InChI is InChI=1S/C32H36F5N5O2Si/c1-30(2,3)45(6,7)44-31(4,5)28-38-15-18(16-39-28)17-11-12-20-22(13-17)42-23-14-21(27(42)41-20)40-26(32(35,36)37)19-9-8-10-24(25(19)23)43-29(33)34/h8-13,15-16,21,23,26,29,40H,14H2,1-7H3/t21-,23?,26+/m1/s1. The van der Waals surface area contributed by atoms with E-state index in [0.29, 0.717) is 22.7 Å². The number of halogens is 5. The molecule has 0 amide bonds. The fourth-order valence-electron chi connectivity index (χ4n) is 6.24. The van der Waals surface area contributed by atoms with Crippen LogP contribution in [0.5, 0.6) is 5.75 Å². The van der Waals surface area contributed by atoms with E-state index in [-0.39, 0.29) is 28.3 Å². The van der Waals surface area contributed by atoms with Crippen molar-refractivity contribution in [2.24, 2.45) is 0 Å². The Morgan fingerprint density at radius 1 is 0.978 bits per heavy atom. The lowest BCUT2D eigenvalue weighted by atomic mass is 9.94. The Morgan fingerprint density at radius 3 is 2.29 bits per heavy atom. The number of nitrogens with zero attached hydrogens (tertiary/aromatic N) is 4. The minimum absolute atomic E-state index is 0.0124. The van der Waals surface area contributed by atoms with Gasteiger partial charge in [0.1, 0.15) is 23.2 Å². The van der Waals surface area contributed by atoms with Gasteiger partial charge in [-0.05, 0) is 67.7 Å². The van der Waals surface area contributed by atoms with Gasteiger partial charge in [0.25, 0.3) is 0 Å². The van der Waals surface area contributed by atoms with Crippen LogP contribution in [0.3, 0.4) is 0 Å². The summed E-state index contributed by atoms with van der Waals surface area (Å²) < 4.78 is 82.9. The summed E-state index contributed by atoms with van der Waals surface area (Å²) >= 11 is 0. The van der Waals surface area contributed by atoms with Crippen LogP contribution in [0, 0.1) is 0 Å². The molecule has 2 aromatic carbocycles. The zero-order valence-electron chi connectivity index (χ0n) is 26.1. The first-order valence-corrected chi connectivity index (χ1v) is 17.7. The minimum Gasteiger partial charge on any atom is -0.434 e. The Morgan fingerprint density at radius 2 is 1.67 bits per heavy atom. The third-order valence-electron chi connectivity index (χ3n) is 9.29. The average Bonchev–Trinajstić information content (AvgIpc) is 3.39. The molecule has 4 aromatic rings. The van der Waals surface area contributed by atoms with Crippen LogP contribution in [0.1, 0.15) is 81.9 Å². The van der Waals surface area contributed by atoms with Crippen molar-refractivity contribution < 1.29 is 31.1 Å². The van der Waals surface area contributed by atoms with E-state index in [1.165, 1.54) is 18.2 Å². The topological polar surface area (TPSA) is 74.1 Å². The maximum atomic E-state index is 14.3. The van der Waals surface area contributed by atoms with E-state index in [9.17, 15) is 22.0 Å². The van der Waals surface area contributed by atoms with Crippen LogP contribution >= 0.6 is 0 Å². The van der Waals surface area contributed by atoms with Crippen molar-refractivity contribution in [3.05, 3.63) is 71.6 Å². The van der Waals surface area contributed by atoms with Crippen molar-refractivity contribution in [2.45, 2.75) is 95.7 Å². The number of imidazole rings is 1. The quantitative estimate of drug-likeness (QED) is 0.167. The normalized spacial score (nSPS) is 20.3. The molecule has 6 rings (SSSR count). The minimum atomic E-state index is -4.66. The summed E-state index contributed by atoms with van der Waals surface area (Å²) in [6.45, 7) is 11.6. The third-order valence-corrected chi connectivity index (χ3v) is 13.9. The highest BCUT2D eigenvalue weighted by atomic mass is 28.4. The lowest BCUT2D eigenvalue weighted by Crippen LogP contribution is -2.46. The van der Waals surface area contributed by atoms with Crippen molar-refractivity contribution in [3.63, 3.8) is 0 Å². The number of hydrogen-bond donors (Lipinski definition) is 1. The maximum absolute atomic E-state index is 14.3. The molecule has 2 bridgehead atoms. The van der Waals surface area contributed by atoms with Gasteiger partial charge in [0, 0.05) is 23.5 Å². The molecule has 2 aromatic heterocycles. The number of hydrogen-bond acceptors (Lipinski definition) is 6. The Labute approximate surface area is 259 Å². The number of nitrogens with one attached hydrogen (secondary N) is 1. The summed E-state index contributed by atoms with van der Waals surface area (Å²) in [5.74, 6) is 0.692. The molecule has 0 spiro atoms. The summed E-state index contributed by atoms with van der Waals surface area (Å²) in [5.41, 5.74) is 1.98. The summed E-state index contributed by atoms with van der Waals surface area (Å²) in [6.07, 6.45) is -1.01. The van der Waals surface area contributed by atoms with Gasteiger partial charge in [0.2, 0.25) is 0 Å². The van der Waals surface area contributed by atoms with E-state index >= 15 is 0 Å². The number of aromatic nitrogens is 4. The predicted molar refractivity (Wildman–Crippen MR) is 163 cm³/mol. The van der Waals surface area contributed by atoms with Gasteiger partial charge in [-0.15, -0.1) is 0 Å². The highest BCUT2D eigenvalue weighted by molar-refractivity contribution is 6.74. The second-order valence-electron chi connectivity index (χ2n) is 13.8. The first kappa shape index (κ1) is 31.6. The number of ether oxygens (including phenoxy) is 1. The second kappa shape index (κ2) is 10.6. The molecule has 45 heavy (non-hydrogen) atoms. The van der Waals surface area contributed by atoms with Crippen molar-refractivity contribution >= 4 is 19.4 Å². The van der Waals surface area contributed by atoms with Crippen molar-refractivity contribution in [1.29, 1.82) is 0 Å². The molecule has 0 saturated heterocycles. The molecule has 7 nitrogen and oxygen atoms in total. The highest BCUT2D eigenvalue weighted by Crippen LogP contribution is 2.52. The molecule has 240 valence electrons. The Kier molecular flexibility index (Phi) is 7.41. The fourth-order valence-corrected chi connectivity index (χ4v) is 7.92. The molecular weight excluding hydrogens is 609 g/mol. The molecule has 1 N–H and O–H groups in total. The fraction of sp³-hybridized carbons (Fsp3) is 0.469. The summed E-state index contributed by atoms with van der Waals surface area (Å²) in [7, 11) is -2.11. The van der Waals surface area contributed by atoms with Gasteiger partial charge >= 0.3 is 12.8 Å². The number of rotatable bonds is 6. The van der Waals surface area contributed by atoms with E-state index in [1.807, 2.05) is 30.5 Å². The highest BCUT2D eigenvalue weighted by Gasteiger charge is 2.50. The molecule has 2 aliphatic heterocycles. The van der Waals surface area contributed by atoms with Crippen LogP contribution in [0.4, 0.5) is 22.0 Å². The SMILES string of the molecule is CC(C)(O[Si](C)(C)C(C)(C)C)c1ncc(-c2ccc3nc4n(c3c2)C2C[C@H]4N[C@H](C(F)(F)F)c3cccc(OC(F)F)c32)cn1. The number of alkyl halides is 5. The molecule has 4 heterocycles. The molecule has 0 fully saturated rings. The lowest BCUT2D eigenvalue weighted by molar-refractivity contribution is -0.159. The summed E-state index contributed by atoms with van der Waals surface area (Å²) in [4.78, 5) is 14.0. The molecule has 1 unspecified atom stereocenters. The molecular formula is C32H36F5N5O2Si. The molecule has 0 saturated carbocycles. The van der Waals surface area contributed by atoms with Crippen molar-refractivity contribution in [1.82, 2.24) is 24.8 Å². The third kappa shape index (κ3) is 5.52. The van der Waals surface area contributed by atoms with E-state index in [4.69, 9.17) is 14.1 Å². The van der Waals surface area contributed by atoms with E-state index in [1.54, 1.807) is 18.5 Å². The van der Waals surface area contributed by atoms with Gasteiger partial charge in [-0.1, -0.05) is 39.0 Å². The smallest absolute Gasteiger partial charge is 0.407 e. The zero-order chi connectivity index (χ0) is 32.7. The van der Waals surface area contributed by atoms with Gasteiger partial charge < -0.3 is 13.7 Å². The molecule has 13 heteroatoms. The maximum Gasteiger partial charge on any atom is 0.407 e. The van der Waals surface area contributed by atoms with Gasteiger partial charge in [-0.2, -0.15) is 22.0 Å². The van der Waals surface area contributed by atoms with Crippen LogP contribution in [-0.2, 0) is 10.0 Å². The van der Waals surface area contributed by atoms with Crippen LogP contribution in [0.25, 0.3) is 22.2 Å². The van der Waals surface area contributed by atoms with Gasteiger partial charge in [0.15, 0.2) is 14.1 Å². The van der Waals surface area contributed by atoms with Crippen LogP contribution in [0.15, 0.2) is 48.8 Å². The van der Waals surface area contributed by atoms with Crippen LogP contribution < -0.4 is 10.1 Å². The lowest BCUT2D eigenvalue weighted by Gasteiger charge is -2.42. The van der Waals surface area contributed by atoms with Gasteiger partial charge in [-0.3, -0.25) is 5.32 Å². The Bertz CT molecular complexity index is 1750. The Balaban J connectivity index is 1.40. The monoisotopic (exact) mass is 645 g/mol. The van der Waals surface area contributed by atoms with Gasteiger partial charge in [0.05, 0.1) is 23.1 Å². The second-order valence-corrected chi connectivity index (χ2v) is 18.5. The molecule has 0 radical (unpaired) electrons. The van der Waals surface area contributed by atoms with Crippen molar-refractivity contribution in [2.75, 3.05) is 0 Å².